The zero-order chi connectivity index (χ0) is 24.4. The van der Waals surface area contributed by atoms with E-state index in [4.69, 9.17) is 4.74 Å². The Kier molecular flexibility index (Phi) is 7.76. The van der Waals surface area contributed by atoms with Crippen LogP contribution in [-0.4, -0.2) is 74.0 Å². The molecule has 0 spiro atoms. The highest BCUT2D eigenvalue weighted by molar-refractivity contribution is 5.83. The molecule has 1 amide bonds. The van der Waals surface area contributed by atoms with E-state index in [1.165, 1.54) is 6.07 Å². The maximum Gasteiger partial charge on any atom is 0.240 e. The van der Waals surface area contributed by atoms with Crippen LogP contribution in [0.25, 0.3) is 0 Å². The lowest BCUT2D eigenvalue weighted by atomic mass is 9.84. The van der Waals surface area contributed by atoms with E-state index in [-0.39, 0.29) is 35.1 Å². The number of nitrogens with zero attached hydrogens (tertiary/aromatic N) is 1. The van der Waals surface area contributed by atoms with Crippen LogP contribution in [0, 0.1) is 23.0 Å². The number of ether oxygens (including phenoxy) is 1. The molecular formula is C24H36F2N4O3. The summed E-state index contributed by atoms with van der Waals surface area (Å²) in [5, 5.41) is 9.80. The number of rotatable bonds is 9. The summed E-state index contributed by atoms with van der Waals surface area (Å²) >= 11 is 0. The van der Waals surface area contributed by atoms with Crippen LogP contribution in [0.15, 0.2) is 18.2 Å². The number of amides is 1. The van der Waals surface area contributed by atoms with Gasteiger partial charge in [-0.15, -0.1) is 0 Å². The van der Waals surface area contributed by atoms with Crippen LogP contribution in [0.3, 0.4) is 0 Å². The number of carbonyl (C=O) groups is 2. The fourth-order valence-corrected chi connectivity index (χ4v) is 4.66. The number of carbonyl (C=O) groups excluding carboxylic acids is 2. The molecule has 3 rings (SSSR count). The quantitative estimate of drug-likeness (QED) is 0.481. The van der Waals surface area contributed by atoms with Crippen molar-refractivity contribution in [2.24, 2.45) is 11.3 Å². The molecule has 5 atom stereocenters. The van der Waals surface area contributed by atoms with Crippen LogP contribution < -0.4 is 20.7 Å². The molecule has 0 saturated carbocycles. The largest absolute Gasteiger partial charge is 0.493 e. The third-order valence-corrected chi connectivity index (χ3v) is 6.83. The Labute approximate surface area is 194 Å². The Balaban J connectivity index is 1.71. The zero-order valence-electron chi connectivity index (χ0n) is 20.1. The number of fused-ring (bicyclic) bond motifs is 1. The molecule has 5 unspecified atom stereocenters. The van der Waals surface area contributed by atoms with Gasteiger partial charge in [0.25, 0.3) is 0 Å². The Morgan fingerprint density at radius 3 is 2.64 bits per heavy atom. The van der Waals surface area contributed by atoms with Gasteiger partial charge in [0.15, 0.2) is 11.6 Å². The van der Waals surface area contributed by atoms with Crippen LogP contribution >= 0.6 is 0 Å². The maximum absolute atomic E-state index is 13.7. The van der Waals surface area contributed by atoms with E-state index in [0.717, 1.165) is 24.8 Å². The summed E-state index contributed by atoms with van der Waals surface area (Å²) in [5.41, 5.74) is -1.14. The SMILES string of the molecule is CNC(C)(C=O)CNC(C(=O)N1CCC2NCC(COc3ccc(F)c(F)c3)C21)C(C)(C)C. The molecule has 0 radical (unpaired) electrons. The molecule has 7 nitrogen and oxygen atoms in total. The molecule has 2 fully saturated rings. The van der Waals surface area contributed by atoms with Gasteiger partial charge in [0.2, 0.25) is 5.91 Å². The van der Waals surface area contributed by atoms with Gasteiger partial charge in [-0.25, -0.2) is 8.78 Å². The van der Waals surface area contributed by atoms with E-state index in [9.17, 15) is 18.4 Å². The molecule has 184 valence electrons. The Morgan fingerprint density at radius 2 is 2.03 bits per heavy atom. The molecule has 9 heteroatoms. The predicted molar refractivity (Wildman–Crippen MR) is 122 cm³/mol. The van der Waals surface area contributed by atoms with Crippen molar-refractivity contribution >= 4 is 12.2 Å². The second kappa shape index (κ2) is 10.0. The summed E-state index contributed by atoms with van der Waals surface area (Å²) < 4.78 is 32.5. The molecule has 0 aromatic heterocycles. The van der Waals surface area contributed by atoms with Gasteiger partial charge in [-0.05, 0) is 37.9 Å². The van der Waals surface area contributed by atoms with Crippen molar-refractivity contribution < 1.29 is 23.1 Å². The first-order valence-electron chi connectivity index (χ1n) is 11.5. The van der Waals surface area contributed by atoms with Gasteiger partial charge in [-0.2, -0.15) is 0 Å². The van der Waals surface area contributed by atoms with Gasteiger partial charge in [0, 0.05) is 37.7 Å². The topological polar surface area (TPSA) is 82.7 Å². The average Bonchev–Trinajstić information content (AvgIpc) is 3.36. The van der Waals surface area contributed by atoms with Crippen molar-refractivity contribution in [3.63, 3.8) is 0 Å². The van der Waals surface area contributed by atoms with Crippen LogP contribution in [0.1, 0.15) is 34.1 Å². The normalized spacial score (nSPS) is 25.4. The van der Waals surface area contributed by atoms with Crippen molar-refractivity contribution in [2.45, 2.75) is 57.8 Å². The lowest BCUT2D eigenvalue weighted by Crippen LogP contribution is -2.60. The van der Waals surface area contributed by atoms with Gasteiger partial charge in [0.05, 0.1) is 24.2 Å². The monoisotopic (exact) mass is 466 g/mol. The summed E-state index contributed by atoms with van der Waals surface area (Å²) in [7, 11) is 1.72. The standard InChI is InChI=1S/C24H36F2N4O3/c1-23(2,3)21(29-13-24(4,14-31)27-5)22(32)30-9-8-19-20(30)15(11-28-19)12-33-16-6-7-17(25)18(26)10-16/h6-7,10,14-15,19-21,27-29H,8-9,11-13H2,1-5H3. The van der Waals surface area contributed by atoms with Gasteiger partial charge in [-0.1, -0.05) is 20.8 Å². The number of likely N-dealkylation sites (tertiary alicyclic amines) is 1. The number of hydrogen-bond donors (Lipinski definition) is 3. The van der Waals surface area contributed by atoms with Gasteiger partial charge < -0.3 is 30.4 Å². The Morgan fingerprint density at radius 1 is 1.30 bits per heavy atom. The number of aldehydes is 1. The first-order valence-corrected chi connectivity index (χ1v) is 11.5. The minimum Gasteiger partial charge on any atom is -0.493 e. The predicted octanol–water partition coefficient (Wildman–Crippen LogP) is 1.71. The lowest BCUT2D eigenvalue weighted by Gasteiger charge is -2.38. The van der Waals surface area contributed by atoms with Crippen molar-refractivity contribution in [3.05, 3.63) is 29.8 Å². The molecular weight excluding hydrogens is 430 g/mol. The highest BCUT2D eigenvalue weighted by Gasteiger charge is 2.48. The smallest absolute Gasteiger partial charge is 0.240 e. The van der Waals surface area contributed by atoms with Crippen molar-refractivity contribution in [3.8, 4) is 5.75 Å². The van der Waals surface area contributed by atoms with E-state index < -0.39 is 23.2 Å². The summed E-state index contributed by atoms with van der Waals surface area (Å²) in [6, 6.07) is 3.14. The summed E-state index contributed by atoms with van der Waals surface area (Å²) in [6.07, 6.45) is 1.69. The second-order valence-corrected chi connectivity index (χ2v) is 10.4. The summed E-state index contributed by atoms with van der Waals surface area (Å²) in [6.45, 7) is 9.73. The molecule has 1 aromatic rings. The highest BCUT2D eigenvalue weighted by atomic mass is 19.2. The second-order valence-electron chi connectivity index (χ2n) is 10.4. The van der Waals surface area contributed by atoms with E-state index in [0.29, 0.717) is 26.2 Å². The van der Waals surface area contributed by atoms with Crippen LogP contribution in [0.2, 0.25) is 0 Å². The highest BCUT2D eigenvalue weighted by Crippen LogP contribution is 2.33. The molecule has 33 heavy (non-hydrogen) atoms. The molecule has 2 aliphatic heterocycles. The molecule has 0 aliphatic carbocycles. The molecule has 1 aromatic carbocycles. The zero-order valence-corrected chi connectivity index (χ0v) is 20.1. The minimum atomic E-state index is -0.949. The third-order valence-electron chi connectivity index (χ3n) is 6.83. The lowest BCUT2D eigenvalue weighted by molar-refractivity contribution is -0.138. The summed E-state index contributed by atoms with van der Waals surface area (Å²) in [5.74, 6) is -1.57. The number of benzene rings is 1. The van der Waals surface area contributed by atoms with Crippen molar-refractivity contribution in [1.82, 2.24) is 20.9 Å². The molecule has 3 N–H and O–H groups in total. The fraction of sp³-hybridized carbons (Fsp3) is 0.667. The molecule has 0 bridgehead atoms. The van der Waals surface area contributed by atoms with E-state index in [1.54, 1.807) is 14.0 Å². The van der Waals surface area contributed by atoms with Crippen LogP contribution in [0.4, 0.5) is 8.78 Å². The third kappa shape index (κ3) is 5.70. The van der Waals surface area contributed by atoms with Crippen molar-refractivity contribution in [1.29, 1.82) is 0 Å². The fourth-order valence-electron chi connectivity index (χ4n) is 4.66. The maximum atomic E-state index is 13.7. The first kappa shape index (κ1) is 25.5. The van der Waals surface area contributed by atoms with E-state index in [2.05, 4.69) is 16.0 Å². The molecule has 2 saturated heterocycles. The number of likely N-dealkylation sites (N-methyl/N-ethyl adjacent to an activating group) is 1. The van der Waals surface area contributed by atoms with Crippen molar-refractivity contribution in [2.75, 3.05) is 33.3 Å². The first-order chi connectivity index (χ1) is 15.5. The molecule has 2 aliphatic rings. The summed E-state index contributed by atoms with van der Waals surface area (Å²) in [4.78, 5) is 27.1. The number of hydrogen-bond acceptors (Lipinski definition) is 6. The van der Waals surface area contributed by atoms with Gasteiger partial charge in [-0.3, -0.25) is 4.79 Å². The number of halogens is 2. The van der Waals surface area contributed by atoms with E-state index >= 15 is 0 Å². The number of nitrogens with one attached hydrogen (secondary N) is 3. The van der Waals surface area contributed by atoms with E-state index in [1.807, 2.05) is 25.7 Å². The Bertz CT molecular complexity index is 863. The van der Waals surface area contributed by atoms with Gasteiger partial charge in [0.1, 0.15) is 12.0 Å². The van der Waals surface area contributed by atoms with Gasteiger partial charge >= 0.3 is 0 Å². The molecule has 2 heterocycles. The minimum absolute atomic E-state index is 0.000814. The van der Waals surface area contributed by atoms with Crippen LogP contribution in [0.5, 0.6) is 5.75 Å². The average molecular weight is 467 g/mol. The Hall–Kier alpha value is -2.10. The van der Waals surface area contributed by atoms with Crippen LogP contribution in [-0.2, 0) is 9.59 Å².